The molecule has 0 radical (unpaired) electrons. The second-order valence-electron chi connectivity index (χ2n) is 6.10. The largest absolute Gasteiger partial charge is 0.370 e. The summed E-state index contributed by atoms with van der Waals surface area (Å²) in [4.78, 5) is 16.3. The maximum absolute atomic E-state index is 12.9. The van der Waals surface area contributed by atoms with Crippen molar-refractivity contribution in [3.63, 3.8) is 0 Å². The minimum atomic E-state index is -4.21. The van der Waals surface area contributed by atoms with Gasteiger partial charge in [-0.1, -0.05) is 18.2 Å². The van der Waals surface area contributed by atoms with Gasteiger partial charge in [0.05, 0.1) is 12.3 Å². The number of rotatable bonds is 8. The highest BCUT2D eigenvalue weighted by molar-refractivity contribution is 6.04. The summed E-state index contributed by atoms with van der Waals surface area (Å²) in [6.45, 7) is -1.69. The monoisotopic (exact) mass is 408 g/mol. The van der Waals surface area contributed by atoms with Gasteiger partial charge in [-0.15, -0.1) is 0 Å². The zero-order valence-electron chi connectivity index (χ0n) is 14.9. The van der Waals surface area contributed by atoms with Crippen molar-refractivity contribution >= 4 is 11.6 Å². The molecule has 1 aromatic heterocycles. The van der Waals surface area contributed by atoms with E-state index in [-0.39, 0.29) is 6.61 Å². The van der Waals surface area contributed by atoms with Gasteiger partial charge in [-0.2, -0.15) is 13.9 Å². The molecule has 2 aromatic carbocycles. The zero-order valence-corrected chi connectivity index (χ0v) is 14.9. The molecule has 0 saturated carbocycles. The van der Waals surface area contributed by atoms with Crippen LogP contribution in [0, 0.1) is 0 Å². The Morgan fingerprint density at radius 3 is 2.69 bits per heavy atom. The third-order valence-electron chi connectivity index (χ3n) is 3.86. The molecule has 29 heavy (non-hydrogen) atoms. The van der Waals surface area contributed by atoms with Gasteiger partial charge >= 0.3 is 12.3 Å². The van der Waals surface area contributed by atoms with E-state index in [2.05, 4.69) is 20.1 Å². The SMILES string of the molecule is O=C(Nc1cccc(COCC(F)(F)C(F)F)c1)c1cccc(-n2cncn2)c1. The lowest BCUT2D eigenvalue weighted by molar-refractivity contribution is -0.168. The first-order valence-electron chi connectivity index (χ1n) is 8.44. The molecular weight excluding hydrogens is 392 g/mol. The van der Waals surface area contributed by atoms with Crippen molar-refractivity contribution in [2.75, 3.05) is 11.9 Å². The van der Waals surface area contributed by atoms with E-state index in [9.17, 15) is 22.4 Å². The Balaban J connectivity index is 1.63. The molecule has 0 fully saturated rings. The number of hydrogen-bond acceptors (Lipinski definition) is 4. The summed E-state index contributed by atoms with van der Waals surface area (Å²) in [7, 11) is 0. The molecule has 1 amide bonds. The molecule has 3 rings (SSSR count). The third kappa shape index (κ3) is 5.38. The van der Waals surface area contributed by atoms with E-state index in [1.165, 1.54) is 23.4 Å². The molecule has 0 aliphatic rings. The van der Waals surface area contributed by atoms with Crippen molar-refractivity contribution in [3.05, 3.63) is 72.3 Å². The highest BCUT2D eigenvalue weighted by atomic mass is 19.3. The molecule has 1 heterocycles. The van der Waals surface area contributed by atoms with E-state index in [0.717, 1.165) is 0 Å². The maximum atomic E-state index is 12.9. The number of aromatic nitrogens is 3. The molecule has 6 nitrogen and oxygen atoms in total. The number of benzene rings is 2. The smallest absolute Gasteiger partial charge is 0.330 e. The van der Waals surface area contributed by atoms with Crippen LogP contribution in [0.15, 0.2) is 61.2 Å². The second kappa shape index (κ2) is 8.82. The molecule has 0 saturated heterocycles. The van der Waals surface area contributed by atoms with Crippen molar-refractivity contribution in [1.29, 1.82) is 0 Å². The van der Waals surface area contributed by atoms with Crippen molar-refractivity contribution in [2.24, 2.45) is 0 Å². The normalized spacial score (nSPS) is 11.6. The quantitative estimate of drug-likeness (QED) is 0.574. The van der Waals surface area contributed by atoms with Gasteiger partial charge in [-0.25, -0.2) is 18.4 Å². The van der Waals surface area contributed by atoms with E-state index in [1.807, 2.05) is 0 Å². The van der Waals surface area contributed by atoms with E-state index >= 15 is 0 Å². The number of alkyl halides is 4. The van der Waals surface area contributed by atoms with Crippen LogP contribution in [0.1, 0.15) is 15.9 Å². The van der Waals surface area contributed by atoms with Crippen LogP contribution in [0.25, 0.3) is 5.69 Å². The predicted octanol–water partition coefficient (Wildman–Crippen LogP) is 3.94. The fraction of sp³-hybridized carbons (Fsp3) is 0.211. The fourth-order valence-electron chi connectivity index (χ4n) is 2.44. The van der Waals surface area contributed by atoms with Crippen LogP contribution in [0.4, 0.5) is 23.2 Å². The first-order valence-corrected chi connectivity index (χ1v) is 8.44. The summed E-state index contributed by atoms with van der Waals surface area (Å²) in [6.07, 6.45) is -0.920. The Kier molecular flexibility index (Phi) is 6.23. The minimum Gasteiger partial charge on any atom is -0.370 e. The van der Waals surface area contributed by atoms with Gasteiger partial charge in [0.25, 0.3) is 5.91 Å². The van der Waals surface area contributed by atoms with Gasteiger partial charge in [-0.3, -0.25) is 4.79 Å². The van der Waals surface area contributed by atoms with Gasteiger partial charge in [0, 0.05) is 11.3 Å². The van der Waals surface area contributed by atoms with Gasteiger partial charge in [0.15, 0.2) is 0 Å². The number of halogens is 4. The minimum absolute atomic E-state index is 0.298. The molecule has 0 unspecified atom stereocenters. The Morgan fingerprint density at radius 2 is 1.97 bits per heavy atom. The Labute approximate surface area is 163 Å². The number of nitrogens with one attached hydrogen (secondary N) is 1. The summed E-state index contributed by atoms with van der Waals surface area (Å²) in [5.41, 5.74) is 1.88. The number of hydrogen-bond donors (Lipinski definition) is 1. The Bertz CT molecular complexity index is 964. The molecule has 10 heteroatoms. The topological polar surface area (TPSA) is 69.0 Å². The Hall–Kier alpha value is -3.27. The molecule has 0 aliphatic carbocycles. The van der Waals surface area contributed by atoms with E-state index < -0.39 is 24.9 Å². The molecule has 0 aliphatic heterocycles. The zero-order chi connectivity index (χ0) is 20.9. The highest BCUT2D eigenvalue weighted by Crippen LogP contribution is 2.23. The summed E-state index contributed by atoms with van der Waals surface area (Å²) in [5, 5.41) is 6.69. The van der Waals surface area contributed by atoms with Crippen LogP contribution in [-0.4, -0.2) is 39.6 Å². The molecule has 0 spiro atoms. The molecule has 152 valence electrons. The summed E-state index contributed by atoms with van der Waals surface area (Å²) >= 11 is 0. The van der Waals surface area contributed by atoms with Crippen LogP contribution >= 0.6 is 0 Å². The van der Waals surface area contributed by atoms with Crippen LogP contribution < -0.4 is 5.32 Å². The van der Waals surface area contributed by atoms with Gasteiger partial charge in [-0.05, 0) is 35.9 Å². The van der Waals surface area contributed by atoms with Gasteiger partial charge in [0.2, 0.25) is 0 Å². The average molecular weight is 408 g/mol. The number of ether oxygens (including phenoxy) is 1. The van der Waals surface area contributed by atoms with Crippen LogP contribution in [-0.2, 0) is 11.3 Å². The number of carbonyl (C=O) groups excluding carboxylic acids is 1. The average Bonchev–Trinajstić information content (AvgIpc) is 3.23. The lowest BCUT2D eigenvalue weighted by Gasteiger charge is -2.15. The van der Waals surface area contributed by atoms with Gasteiger partial charge < -0.3 is 10.1 Å². The highest BCUT2D eigenvalue weighted by Gasteiger charge is 2.40. The van der Waals surface area contributed by atoms with Crippen molar-refractivity contribution in [2.45, 2.75) is 19.0 Å². The second-order valence-corrected chi connectivity index (χ2v) is 6.10. The van der Waals surface area contributed by atoms with E-state index in [1.54, 1.807) is 42.5 Å². The molecule has 3 aromatic rings. The van der Waals surface area contributed by atoms with E-state index in [4.69, 9.17) is 0 Å². The number of nitrogens with zero attached hydrogens (tertiary/aromatic N) is 3. The summed E-state index contributed by atoms with van der Waals surface area (Å²) in [5.74, 6) is -4.60. The first-order chi connectivity index (χ1) is 13.8. The van der Waals surface area contributed by atoms with Crippen LogP contribution in [0.2, 0.25) is 0 Å². The molecule has 0 atom stereocenters. The molecular formula is C19H16F4N4O2. The first kappa shape index (κ1) is 20.5. The summed E-state index contributed by atoms with van der Waals surface area (Å²) in [6, 6.07) is 13.0. The fourth-order valence-corrected chi connectivity index (χ4v) is 2.44. The number of anilines is 1. The van der Waals surface area contributed by atoms with Crippen molar-refractivity contribution in [3.8, 4) is 5.69 Å². The molecule has 0 bridgehead atoms. The van der Waals surface area contributed by atoms with Gasteiger partial charge in [0.1, 0.15) is 19.3 Å². The van der Waals surface area contributed by atoms with E-state index in [0.29, 0.717) is 22.5 Å². The Morgan fingerprint density at radius 1 is 1.17 bits per heavy atom. The lowest BCUT2D eigenvalue weighted by Crippen LogP contribution is -2.32. The lowest BCUT2D eigenvalue weighted by atomic mass is 10.1. The summed E-state index contributed by atoms with van der Waals surface area (Å²) < 4.78 is 56.2. The predicted molar refractivity (Wildman–Crippen MR) is 96.4 cm³/mol. The van der Waals surface area contributed by atoms with Crippen LogP contribution in [0.5, 0.6) is 0 Å². The maximum Gasteiger partial charge on any atom is 0.330 e. The number of amides is 1. The number of carbonyl (C=O) groups is 1. The standard InChI is InChI=1S/C19H16F4N4O2/c20-18(21)19(22,23)10-29-9-13-3-1-5-15(7-13)26-17(28)14-4-2-6-16(8-14)27-12-24-11-25-27/h1-8,11-12,18H,9-10H2,(H,26,28). The van der Waals surface area contributed by atoms with Crippen molar-refractivity contribution < 1.29 is 27.1 Å². The van der Waals surface area contributed by atoms with Crippen LogP contribution in [0.3, 0.4) is 0 Å². The van der Waals surface area contributed by atoms with Crippen molar-refractivity contribution in [1.82, 2.24) is 14.8 Å². The third-order valence-corrected chi connectivity index (χ3v) is 3.86. The molecule has 1 N–H and O–H groups in total.